The van der Waals surface area contributed by atoms with Gasteiger partial charge >= 0.3 is 0 Å². The highest BCUT2D eigenvalue weighted by Crippen LogP contribution is 2.28. The minimum Gasteiger partial charge on any atom is -0.491 e. The van der Waals surface area contributed by atoms with Gasteiger partial charge in [0.1, 0.15) is 18.1 Å². The molecule has 2 N–H and O–H groups in total. The molecule has 2 aromatic rings. The molecule has 3 rings (SSSR count). The van der Waals surface area contributed by atoms with Crippen LogP contribution >= 0.6 is 0 Å². The molecule has 2 heterocycles. The second-order valence-corrected chi connectivity index (χ2v) is 10.1. The molecule has 1 aromatic carbocycles. The van der Waals surface area contributed by atoms with E-state index >= 15 is 0 Å². The number of likely N-dealkylation sites (N-methyl/N-ethyl adjacent to an activating group) is 1. The van der Waals surface area contributed by atoms with E-state index in [1.807, 2.05) is 6.92 Å². The first kappa shape index (κ1) is 25.0. The second-order valence-electron chi connectivity index (χ2n) is 8.53. The molecule has 0 bridgehead atoms. The SMILES string of the molecule is CO[C@@H]1CN(C)C(=O)c2cc(NS(=O)(=O)c3c(C)noc3C)ccc2OC[C@@H](C)NC[C@@H]1C. The molecule has 182 valence electrons. The zero-order valence-electron chi connectivity index (χ0n) is 19.8. The summed E-state index contributed by atoms with van der Waals surface area (Å²) >= 11 is 0. The number of nitrogens with one attached hydrogen (secondary N) is 2. The van der Waals surface area contributed by atoms with E-state index < -0.39 is 10.0 Å². The van der Waals surface area contributed by atoms with Gasteiger partial charge in [0.15, 0.2) is 10.7 Å². The van der Waals surface area contributed by atoms with E-state index in [9.17, 15) is 13.2 Å². The van der Waals surface area contributed by atoms with Gasteiger partial charge in [-0.2, -0.15) is 0 Å². The van der Waals surface area contributed by atoms with E-state index in [0.29, 0.717) is 18.9 Å². The number of sulfonamides is 1. The summed E-state index contributed by atoms with van der Waals surface area (Å²) < 4.78 is 44.9. The van der Waals surface area contributed by atoms with Crippen molar-refractivity contribution >= 4 is 21.6 Å². The highest BCUT2D eigenvalue weighted by Gasteiger charge is 2.27. The normalized spacial score (nSPS) is 22.7. The fourth-order valence-corrected chi connectivity index (χ4v) is 5.17. The van der Waals surface area contributed by atoms with Crippen LogP contribution in [0.25, 0.3) is 0 Å². The number of ether oxygens (including phenoxy) is 2. The number of amides is 1. The second kappa shape index (κ2) is 10.1. The molecule has 0 saturated carbocycles. The molecule has 0 aliphatic carbocycles. The first-order valence-electron chi connectivity index (χ1n) is 10.8. The molecule has 33 heavy (non-hydrogen) atoms. The van der Waals surface area contributed by atoms with Gasteiger partial charge in [-0.3, -0.25) is 9.52 Å². The lowest BCUT2D eigenvalue weighted by Gasteiger charge is -2.30. The van der Waals surface area contributed by atoms with Crippen molar-refractivity contribution in [1.82, 2.24) is 15.4 Å². The zero-order chi connectivity index (χ0) is 24.3. The number of hydrogen-bond donors (Lipinski definition) is 2. The lowest BCUT2D eigenvalue weighted by molar-refractivity contribution is 0.0281. The smallest absolute Gasteiger partial charge is 0.267 e. The maximum absolute atomic E-state index is 13.3. The van der Waals surface area contributed by atoms with Crippen LogP contribution in [0.4, 0.5) is 5.69 Å². The summed E-state index contributed by atoms with van der Waals surface area (Å²) in [7, 11) is -0.639. The molecule has 0 spiro atoms. The summed E-state index contributed by atoms with van der Waals surface area (Å²) in [4.78, 5) is 14.9. The van der Waals surface area contributed by atoms with Gasteiger partial charge in [-0.25, -0.2) is 8.42 Å². The highest BCUT2D eigenvalue weighted by molar-refractivity contribution is 7.92. The van der Waals surface area contributed by atoms with E-state index in [1.165, 1.54) is 13.0 Å². The quantitative estimate of drug-likeness (QED) is 0.683. The Morgan fingerprint density at radius 1 is 1.27 bits per heavy atom. The van der Waals surface area contributed by atoms with Crippen LogP contribution in [0.5, 0.6) is 5.75 Å². The number of methoxy groups -OCH3 is 1. The molecule has 1 aliphatic heterocycles. The first-order chi connectivity index (χ1) is 15.5. The summed E-state index contributed by atoms with van der Waals surface area (Å²) in [5, 5.41) is 7.14. The van der Waals surface area contributed by atoms with Gasteiger partial charge in [-0.05, 0) is 44.9 Å². The van der Waals surface area contributed by atoms with Gasteiger partial charge in [-0.15, -0.1) is 0 Å². The van der Waals surface area contributed by atoms with E-state index in [-0.39, 0.29) is 51.6 Å². The number of rotatable bonds is 4. The molecular weight excluding hydrogens is 448 g/mol. The van der Waals surface area contributed by atoms with Crippen molar-refractivity contribution in [2.24, 2.45) is 5.92 Å². The molecule has 3 atom stereocenters. The van der Waals surface area contributed by atoms with Crippen molar-refractivity contribution in [2.75, 3.05) is 38.6 Å². The van der Waals surface area contributed by atoms with E-state index in [1.54, 1.807) is 38.1 Å². The first-order valence-corrected chi connectivity index (χ1v) is 12.3. The van der Waals surface area contributed by atoms with Crippen LogP contribution < -0.4 is 14.8 Å². The van der Waals surface area contributed by atoms with Crippen LogP contribution in [0, 0.1) is 19.8 Å². The van der Waals surface area contributed by atoms with Gasteiger partial charge in [0.05, 0.1) is 11.7 Å². The van der Waals surface area contributed by atoms with Crippen molar-refractivity contribution < 1.29 is 27.2 Å². The lowest BCUT2D eigenvalue weighted by Crippen LogP contribution is -2.44. The number of aryl methyl sites for hydroxylation is 2. The van der Waals surface area contributed by atoms with Crippen LogP contribution in [0.2, 0.25) is 0 Å². The van der Waals surface area contributed by atoms with Crippen molar-refractivity contribution in [2.45, 2.75) is 44.7 Å². The summed E-state index contributed by atoms with van der Waals surface area (Å²) in [6.07, 6.45) is -0.163. The van der Waals surface area contributed by atoms with Crippen molar-refractivity contribution in [3.05, 3.63) is 35.2 Å². The van der Waals surface area contributed by atoms with Crippen LogP contribution in [-0.4, -0.2) is 70.4 Å². The largest absolute Gasteiger partial charge is 0.491 e. The van der Waals surface area contributed by atoms with Gasteiger partial charge in [0, 0.05) is 39.0 Å². The molecule has 0 fully saturated rings. The number of hydrogen-bond acceptors (Lipinski definition) is 8. The van der Waals surface area contributed by atoms with Gasteiger partial charge in [-0.1, -0.05) is 12.1 Å². The van der Waals surface area contributed by atoms with Gasteiger partial charge < -0.3 is 24.2 Å². The standard InChI is InChI=1S/C22H32N4O6S/c1-13-10-23-14(2)12-31-19-8-7-17(9-18(19)22(27)26(5)11-20(13)30-6)25-33(28,29)21-15(3)24-32-16(21)4/h7-9,13-14,20,23,25H,10-12H2,1-6H3/t13-,14+,20+/m0/s1. The Hall–Kier alpha value is -2.63. The highest BCUT2D eigenvalue weighted by atomic mass is 32.2. The van der Waals surface area contributed by atoms with E-state index in [2.05, 4.69) is 22.1 Å². The average molecular weight is 481 g/mol. The summed E-state index contributed by atoms with van der Waals surface area (Å²) in [6, 6.07) is 4.69. The Morgan fingerprint density at radius 3 is 2.64 bits per heavy atom. The Labute approximate surface area is 194 Å². The summed E-state index contributed by atoms with van der Waals surface area (Å²) in [5.74, 6) is 0.439. The van der Waals surface area contributed by atoms with Crippen LogP contribution in [-0.2, 0) is 14.8 Å². The molecule has 0 unspecified atom stereocenters. The molecule has 0 saturated heterocycles. The maximum Gasteiger partial charge on any atom is 0.267 e. The summed E-state index contributed by atoms with van der Waals surface area (Å²) in [6.45, 7) is 8.59. The van der Waals surface area contributed by atoms with Crippen molar-refractivity contribution in [3.8, 4) is 5.75 Å². The van der Waals surface area contributed by atoms with E-state index in [0.717, 1.165) is 6.54 Å². The third kappa shape index (κ3) is 5.66. The molecule has 1 amide bonds. The third-order valence-corrected chi connectivity index (χ3v) is 7.34. The number of carbonyl (C=O) groups is 1. The lowest BCUT2D eigenvalue weighted by atomic mass is 10.0. The molecule has 0 radical (unpaired) electrons. The van der Waals surface area contributed by atoms with E-state index in [4.69, 9.17) is 14.0 Å². The molecule has 11 heteroatoms. The Balaban J connectivity index is 1.96. The predicted molar refractivity (Wildman–Crippen MR) is 123 cm³/mol. The maximum atomic E-state index is 13.3. The summed E-state index contributed by atoms with van der Waals surface area (Å²) in [5.41, 5.74) is 0.743. The number of anilines is 1. The zero-order valence-corrected chi connectivity index (χ0v) is 20.7. The topological polar surface area (TPSA) is 123 Å². The predicted octanol–water partition coefficient (Wildman–Crippen LogP) is 2.19. The fourth-order valence-electron chi connectivity index (χ4n) is 3.79. The van der Waals surface area contributed by atoms with Crippen molar-refractivity contribution in [1.29, 1.82) is 0 Å². The van der Waals surface area contributed by atoms with Crippen LogP contribution in [0.3, 0.4) is 0 Å². The molecule has 1 aliphatic rings. The molecule has 1 aromatic heterocycles. The van der Waals surface area contributed by atoms with Gasteiger partial charge in [0.2, 0.25) is 0 Å². The Bertz CT molecular complexity index is 1080. The number of fused-ring (bicyclic) bond motifs is 1. The third-order valence-electron chi connectivity index (χ3n) is 5.71. The Kier molecular flexibility index (Phi) is 7.65. The Morgan fingerprint density at radius 2 is 2.00 bits per heavy atom. The number of nitrogens with zero attached hydrogens (tertiary/aromatic N) is 2. The monoisotopic (exact) mass is 480 g/mol. The number of carbonyl (C=O) groups excluding carboxylic acids is 1. The van der Waals surface area contributed by atoms with Crippen molar-refractivity contribution in [3.63, 3.8) is 0 Å². The minimum absolute atomic E-state index is 0.0215. The molecular formula is C22H32N4O6S. The number of aromatic nitrogens is 1. The van der Waals surface area contributed by atoms with Crippen LogP contribution in [0.15, 0.2) is 27.6 Å². The van der Waals surface area contributed by atoms with Crippen LogP contribution in [0.1, 0.15) is 35.7 Å². The number of benzene rings is 1. The average Bonchev–Trinajstić information content (AvgIpc) is 3.11. The molecule has 10 nitrogen and oxygen atoms in total. The fraction of sp³-hybridized carbons (Fsp3) is 0.545. The van der Waals surface area contributed by atoms with Gasteiger partial charge in [0.25, 0.3) is 15.9 Å². The minimum atomic E-state index is -3.96.